The van der Waals surface area contributed by atoms with Crippen LogP contribution >= 0.6 is 0 Å². The number of halogens is 3. The second-order valence-electron chi connectivity index (χ2n) is 6.08. The van der Waals surface area contributed by atoms with Crippen molar-refractivity contribution >= 4 is 5.91 Å². The van der Waals surface area contributed by atoms with Gasteiger partial charge in [-0.05, 0) is 31.4 Å². The molecule has 1 aromatic carbocycles. The van der Waals surface area contributed by atoms with E-state index in [2.05, 4.69) is 10.4 Å². The van der Waals surface area contributed by atoms with Crippen LogP contribution in [0.3, 0.4) is 0 Å². The van der Waals surface area contributed by atoms with Gasteiger partial charge < -0.3 is 5.32 Å². The average Bonchev–Trinajstić information content (AvgIpc) is 3.28. The summed E-state index contributed by atoms with van der Waals surface area (Å²) in [5.74, 6) is -0.280. The fourth-order valence-corrected chi connectivity index (χ4v) is 2.65. The molecule has 1 aromatic heterocycles. The van der Waals surface area contributed by atoms with Crippen molar-refractivity contribution in [2.75, 3.05) is 0 Å². The van der Waals surface area contributed by atoms with E-state index < -0.39 is 11.9 Å². The van der Waals surface area contributed by atoms with Gasteiger partial charge in [-0.1, -0.05) is 30.3 Å². The molecule has 3 rings (SSSR count). The first-order valence-corrected chi connectivity index (χ1v) is 7.84. The van der Waals surface area contributed by atoms with Crippen LogP contribution in [0.5, 0.6) is 0 Å². The lowest BCUT2D eigenvalue weighted by Gasteiger charge is -2.15. The maximum absolute atomic E-state index is 12.9. The van der Waals surface area contributed by atoms with Crippen LogP contribution in [0.4, 0.5) is 13.2 Å². The topological polar surface area (TPSA) is 46.9 Å². The highest BCUT2D eigenvalue weighted by Crippen LogP contribution is 2.42. The van der Waals surface area contributed by atoms with Gasteiger partial charge in [0.25, 0.3) is 0 Å². The fourth-order valence-electron chi connectivity index (χ4n) is 2.65. The fraction of sp³-hybridized carbons (Fsp3) is 0.412. The predicted octanol–water partition coefficient (Wildman–Crippen LogP) is 3.66. The Morgan fingerprint density at radius 1 is 1.33 bits per heavy atom. The SMILES string of the molecule is CC(NC(=O)Cn1nc(C(F)(F)F)cc1C1CC1)c1ccccc1. The van der Waals surface area contributed by atoms with Gasteiger partial charge in [-0.2, -0.15) is 18.3 Å². The minimum absolute atomic E-state index is 0.0768. The summed E-state index contributed by atoms with van der Waals surface area (Å²) in [6.45, 7) is 1.62. The molecule has 1 saturated carbocycles. The van der Waals surface area contributed by atoms with Crippen molar-refractivity contribution in [2.24, 2.45) is 0 Å². The number of carbonyl (C=O) groups is 1. The van der Waals surface area contributed by atoms with E-state index in [9.17, 15) is 18.0 Å². The summed E-state index contributed by atoms with van der Waals surface area (Å²) in [6, 6.07) is 10.2. The maximum Gasteiger partial charge on any atom is 0.435 e. The van der Waals surface area contributed by atoms with Gasteiger partial charge in [0.1, 0.15) is 6.54 Å². The zero-order valence-electron chi connectivity index (χ0n) is 13.2. The van der Waals surface area contributed by atoms with Gasteiger partial charge in [0, 0.05) is 11.6 Å². The average molecular weight is 337 g/mol. The second-order valence-corrected chi connectivity index (χ2v) is 6.08. The van der Waals surface area contributed by atoms with E-state index >= 15 is 0 Å². The van der Waals surface area contributed by atoms with Gasteiger partial charge in [-0.3, -0.25) is 9.48 Å². The number of alkyl halides is 3. The van der Waals surface area contributed by atoms with E-state index in [1.807, 2.05) is 37.3 Å². The van der Waals surface area contributed by atoms with Crippen molar-refractivity contribution in [3.63, 3.8) is 0 Å². The van der Waals surface area contributed by atoms with Gasteiger partial charge in [-0.25, -0.2) is 0 Å². The number of aromatic nitrogens is 2. The number of carbonyl (C=O) groups excluding carboxylic acids is 1. The molecule has 1 heterocycles. The summed E-state index contributed by atoms with van der Waals surface area (Å²) in [4.78, 5) is 12.2. The molecule has 7 heteroatoms. The monoisotopic (exact) mass is 337 g/mol. The zero-order chi connectivity index (χ0) is 17.3. The Morgan fingerprint density at radius 2 is 2.00 bits per heavy atom. The minimum atomic E-state index is -4.50. The summed E-state index contributed by atoms with van der Waals surface area (Å²) >= 11 is 0. The van der Waals surface area contributed by atoms with E-state index in [4.69, 9.17) is 0 Å². The molecule has 128 valence electrons. The third-order valence-corrected chi connectivity index (χ3v) is 4.07. The zero-order valence-corrected chi connectivity index (χ0v) is 13.2. The normalized spacial score (nSPS) is 16.0. The van der Waals surface area contributed by atoms with Crippen LogP contribution in [0.15, 0.2) is 36.4 Å². The van der Waals surface area contributed by atoms with Crippen molar-refractivity contribution in [3.05, 3.63) is 53.3 Å². The molecule has 1 fully saturated rings. The molecule has 4 nitrogen and oxygen atoms in total. The van der Waals surface area contributed by atoms with E-state index in [0.29, 0.717) is 5.69 Å². The number of nitrogens with zero attached hydrogens (tertiary/aromatic N) is 2. The van der Waals surface area contributed by atoms with Crippen LogP contribution in [-0.2, 0) is 17.5 Å². The van der Waals surface area contributed by atoms with E-state index in [1.165, 1.54) is 4.68 Å². The van der Waals surface area contributed by atoms with Crippen molar-refractivity contribution < 1.29 is 18.0 Å². The molecule has 0 bridgehead atoms. The van der Waals surface area contributed by atoms with E-state index in [1.54, 1.807) is 0 Å². The molecule has 0 spiro atoms. The lowest BCUT2D eigenvalue weighted by molar-refractivity contribution is -0.141. The van der Waals surface area contributed by atoms with Crippen molar-refractivity contribution in [1.29, 1.82) is 0 Å². The number of nitrogens with one attached hydrogen (secondary N) is 1. The highest BCUT2D eigenvalue weighted by Gasteiger charge is 2.38. The van der Waals surface area contributed by atoms with E-state index in [-0.39, 0.29) is 24.4 Å². The first-order chi connectivity index (χ1) is 11.3. The van der Waals surface area contributed by atoms with Crippen molar-refractivity contribution in [1.82, 2.24) is 15.1 Å². The molecular formula is C17H18F3N3O. The van der Waals surface area contributed by atoms with Crippen LogP contribution in [0.2, 0.25) is 0 Å². The Bertz CT molecular complexity index is 720. The molecule has 1 amide bonds. The van der Waals surface area contributed by atoms with Gasteiger partial charge in [0.15, 0.2) is 5.69 Å². The Balaban J connectivity index is 1.71. The lowest BCUT2D eigenvalue weighted by atomic mass is 10.1. The molecule has 2 aromatic rings. The maximum atomic E-state index is 12.9. The number of amides is 1. The summed E-state index contributed by atoms with van der Waals surface area (Å²) in [6.07, 6.45) is -2.82. The molecule has 1 N–H and O–H groups in total. The quantitative estimate of drug-likeness (QED) is 0.905. The first-order valence-electron chi connectivity index (χ1n) is 7.84. The number of hydrogen-bond donors (Lipinski definition) is 1. The summed E-state index contributed by atoms with van der Waals surface area (Å²) in [5, 5.41) is 6.39. The summed E-state index contributed by atoms with van der Waals surface area (Å²) in [7, 11) is 0. The van der Waals surface area contributed by atoms with Crippen LogP contribution < -0.4 is 5.32 Å². The third kappa shape index (κ3) is 3.77. The van der Waals surface area contributed by atoms with Crippen LogP contribution in [0.25, 0.3) is 0 Å². The van der Waals surface area contributed by atoms with Crippen molar-refractivity contribution in [3.8, 4) is 0 Å². The number of rotatable bonds is 5. The Labute approximate surface area is 137 Å². The molecule has 1 aliphatic rings. The second kappa shape index (κ2) is 6.30. The Kier molecular flexibility index (Phi) is 4.34. The van der Waals surface area contributed by atoms with Crippen molar-refractivity contribution in [2.45, 2.75) is 44.4 Å². The standard InChI is InChI=1S/C17H18F3N3O/c1-11(12-5-3-2-4-6-12)21-16(24)10-23-14(13-7-8-13)9-15(22-23)17(18,19)20/h2-6,9,11,13H,7-8,10H2,1H3,(H,21,24). The lowest BCUT2D eigenvalue weighted by Crippen LogP contribution is -2.31. The molecule has 1 aliphatic carbocycles. The van der Waals surface area contributed by atoms with Crippen LogP contribution in [-0.4, -0.2) is 15.7 Å². The predicted molar refractivity (Wildman–Crippen MR) is 82.2 cm³/mol. The van der Waals surface area contributed by atoms with Gasteiger partial charge in [-0.15, -0.1) is 0 Å². The molecule has 24 heavy (non-hydrogen) atoms. The minimum Gasteiger partial charge on any atom is -0.348 e. The smallest absolute Gasteiger partial charge is 0.348 e. The van der Waals surface area contributed by atoms with E-state index in [0.717, 1.165) is 24.5 Å². The highest BCUT2D eigenvalue weighted by molar-refractivity contribution is 5.76. The molecule has 0 radical (unpaired) electrons. The molecule has 1 atom stereocenters. The third-order valence-electron chi connectivity index (χ3n) is 4.07. The summed E-state index contributed by atoms with van der Waals surface area (Å²) in [5.41, 5.74) is 0.489. The van der Waals surface area contributed by atoms with Crippen LogP contribution in [0, 0.1) is 0 Å². The molecule has 1 unspecified atom stereocenters. The Hall–Kier alpha value is -2.31. The van der Waals surface area contributed by atoms with Crippen LogP contribution in [0.1, 0.15) is 48.7 Å². The highest BCUT2D eigenvalue weighted by atomic mass is 19.4. The largest absolute Gasteiger partial charge is 0.435 e. The number of benzene rings is 1. The summed E-state index contributed by atoms with van der Waals surface area (Å²) < 4.78 is 39.8. The van der Waals surface area contributed by atoms with Gasteiger partial charge in [0.05, 0.1) is 6.04 Å². The number of hydrogen-bond acceptors (Lipinski definition) is 2. The Morgan fingerprint density at radius 3 is 2.58 bits per heavy atom. The van der Waals surface area contributed by atoms with Gasteiger partial charge >= 0.3 is 6.18 Å². The molecule has 0 aliphatic heterocycles. The molecular weight excluding hydrogens is 319 g/mol. The molecule has 0 saturated heterocycles. The first kappa shape index (κ1) is 16.5. The van der Waals surface area contributed by atoms with Gasteiger partial charge in [0.2, 0.25) is 5.91 Å².